The summed E-state index contributed by atoms with van der Waals surface area (Å²) < 4.78 is 32.8. The van der Waals surface area contributed by atoms with Gasteiger partial charge in [-0.05, 0) is 56.9 Å². The van der Waals surface area contributed by atoms with Gasteiger partial charge in [0.1, 0.15) is 11.8 Å². The lowest BCUT2D eigenvalue weighted by atomic mass is 9.95. The molecule has 1 saturated heterocycles. The molecule has 1 aliphatic carbocycles. The molecule has 0 radical (unpaired) electrons. The molecule has 1 saturated carbocycles. The fourth-order valence-corrected chi connectivity index (χ4v) is 5.50. The highest BCUT2D eigenvalue weighted by molar-refractivity contribution is 7.89. The average Bonchev–Trinajstić information content (AvgIpc) is 3.14. The van der Waals surface area contributed by atoms with Crippen LogP contribution >= 0.6 is 0 Å². The van der Waals surface area contributed by atoms with Gasteiger partial charge in [-0.15, -0.1) is 0 Å². The minimum atomic E-state index is -3.69. The maximum Gasteiger partial charge on any atom is 0.243 e. The summed E-state index contributed by atoms with van der Waals surface area (Å²) in [6, 6.07) is 6.00. The Bertz CT molecular complexity index is 712. The van der Waals surface area contributed by atoms with Crippen molar-refractivity contribution in [1.29, 1.82) is 0 Å². The second-order valence-corrected chi connectivity index (χ2v) is 8.91. The Balaban J connectivity index is 1.72. The van der Waals surface area contributed by atoms with Gasteiger partial charge >= 0.3 is 0 Å². The standard InChI is InChI=1S/C19H28N2O4S/c1-2-25-16-10-12-17(13-11-16)26(23,24)21-14-6-9-18(21)19(22)20-15-7-4-3-5-8-15/h10-13,15,18H,2-9,14H2,1H3,(H,20,22)/t18-/m1/s1. The van der Waals surface area contributed by atoms with E-state index in [1.807, 2.05) is 6.92 Å². The van der Waals surface area contributed by atoms with Gasteiger partial charge in [0.15, 0.2) is 0 Å². The van der Waals surface area contributed by atoms with Crippen molar-refractivity contribution in [2.75, 3.05) is 13.2 Å². The van der Waals surface area contributed by atoms with E-state index in [0.717, 1.165) is 25.7 Å². The first-order chi connectivity index (χ1) is 12.5. The summed E-state index contributed by atoms with van der Waals surface area (Å²) in [5.41, 5.74) is 0. The third-order valence-electron chi connectivity index (χ3n) is 5.20. The normalized spacial score (nSPS) is 22.3. The second kappa shape index (κ2) is 8.39. The minimum absolute atomic E-state index is 0.149. The monoisotopic (exact) mass is 380 g/mol. The third kappa shape index (κ3) is 4.20. The largest absolute Gasteiger partial charge is 0.494 e. The van der Waals surface area contributed by atoms with Crippen LogP contribution < -0.4 is 10.1 Å². The van der Waals surface area contributed by atoms with Crippen molar-refractivity contribution in [3.8, 4) is 5.75 Å². The Morgan fingerprint density at radius 1 is 1.12 bits per heavy atom. The van der Waals surface area contributed by atoms with Crippen LogP contribution in [-0.4, -0.2) is 43.9 Å². The van der Waals surface area contributed by atoms with Crippen molar-refractivity contribution in [2.24, 2.45) is 0 Å². The van der Waals surface area contributed by atoms with Gasteiger partial charge in [-0.25, -0.2) is 8.42 Å². The van der Waals surface area contributed by atoms with E-state index in [0.29, 0.717) is 31.7 Å². The van der Waals surface area contributed by atoms with Gasteiger partial charge in [0.05, 0.1) is 11.5 Å². The smallest absolute Gasteiger partial charge is 0.243 e. The maximum absolute atomic E-state index is 13.0. The first-order valence-corrected chi connectivity index (χ1v) is 11.0. The van der Waals surface area contributed by atoms with E-state index in [2.05, 4.69) is 5.32 Å². The molecule has 2 fully saturated rings. The zero-order chi connectivity index (χ0) is 18.6. The number of carbonyl (C=O) groups is 1. The molecule has 0 bridgehead atoms. The lowest BCUT2D eigenvalue weighted by Crippen LogP contribution is -2.49. The van der Waals surface area contributed by atoms with E-state index in [4.69, 9.17) is 4.74 Å². The van der Waals surface area contributed by atoms with Gasteiger partial charge in [0.25, 0.3) is 0 Å². The van der Waals surface area contributed by atoms with Crippen LogP contribution in [0, 0.1) is 0 Å². The van der Waals surface area contributed by atoms with Crippen LogP contribution in [0.1, 0.15) is 51.9 Å². The molecule has 1 atom stereocenters. The molecule has 1 aliphatic heterocycles. The zero-order valence-corrected chi connectivity index (χ0v) is 16.1. The van der Waals surface area contributed by atoms with E-state index in [-0.39, 0.29) is 16.8 Å². The maximum atomic E-state index is 13.0. The Morgan fingerprint density at radius 2 is 1.81 bits per heavy atom. The summed E-state index contributed by atoms with van der Waals surface area (Å²) >= 11 is 0. The highest BCUT2D eigenvalue weighted by Gasteiger charge is 2.39. The fourth-order valence-electron chi connectivity index (χ4n) is 3.84. The number of nitrogens with one attached hydrogen (secondary N) is 1. The minimum Gasteiger partial charge on any atom is -0.494 e. The second-order valence-electron chi connectivity index (χ2n) is 7.02. The molecule has 144 valence electrons. The van der Waals surface area contributed by atoms with E-state index in [1.165, 1.54) is 10.7 Å². The number of hydrogen-bond donors (Lipinski definition) is 1. The Hall–Kier alpha value is -1.60. The number of rotatable bonds is 6. The van der Waals surface area contributed by atoms with Crippen LogP contribution in [0.5, 0.6) is 5.75 Å². The van der Waals surface area contributed by atoms with Gasteiger partial charge in [-0.1, -0.05) is 19.3 Å². The van der Waals surface area contributed by atoms with Crippen LogP contribution in [0.25, 0.3) is 0 Å². The summed E-state index contributed by atoms with van der Waals surface area (Å²) in [6.07, 6.45) is 6.74. The number of benzene rings is 1. The molecule has 1 amide bonds. The van der Waals surface area contributed by atoms with Crippen LogP contribution in [0.15, 0.2) is 29.2 Å². The van der Waals surface area contributed by atoms with Crippen LogP contribution in [0.2, 0.25) is 0 Å². The molecule has 1 N–H and O–H groups in total. The number of sulfonamides is 1. The lowest BCUT2D eigenvalue weighted by molar-refractivity contribution is -0.125. The molecule has 6 nitrogen and oxygen atoms in total. The van der Waals surface area contributed by atoms with E-state index < -0.39 is 16.1 Å². The Morgan fingerprint density at radius 3 is 2.46 bits per heavy atom. The highest BCUT2D eigenvalue weighted by atomic mass is 32.2. The first kappa shape index (κ1) is 19.2. The third-order valence-corrected chi connectivity index (χ3v) is 7.12. The molecule has 3 rings (SSSR count). The van der Waals surface area contributed by atoms with Crippen molar-refractivity contribution in [2.45, 2.75) is 68.8 Å². The zero-order valence-electron chi connectivity index (χ0n) is 15.3. The average molecular weight is 381 g/mol. The summed E-state index contributed by atoms with van der Waals surface area (Å²) in [5.74, 6) is 0.489. The summed E-state index contributed by atoms with van der Waals surface area (Å²) in [4.78, 5) is 12.9. The SMILES string of the molecule is CCOc1ccc(S(=O)(=O)N2CCC[C@@H]2C(=O)NC2CCCCC2)cc1. The highest BCUT2D eigenvalue weighted by Crippen LogP contribution is 2.28. The molecule has 26 heavy (non-hydrogen) atoms. The predicted octanol–water partition coefficient (Wildman–Crippen LogP) is 2.69. The van der Waals surface area contributed by atoms with Crippen LogP contribution in [0.4, 0.5) is 0 Å². The number of carbonyl (C=O) groups excluding carboxylic acids is 1. The number of ether oxygens (including phenoxy) is 1. The molecular weight excluding hydrogens is 352 g/mol. The lowest BCUT2D eigenvalue weighted by Gasteiger charge is -2.28. The number of amides is 1. The van der Waals surface area contributed by atoms with Gasteiger partial charge in [0, 0.05) is 12.6 Å². The van der Waals surface area contributed by atoms with E-state index in [1.54, 1.807) is 24.3 Å². The molecule has 0 spiro atoms. The molecule has 0 aromatic heterocycles. The van der Waals surface area contributed by atoms with Gasteiger partial charge in [0.2, 0.25) is 15.9 Å². The van der Waals surface area contributed by atoms with Crippen molar-refractivity contribution in [3.05, 3.63) is 24.3 Å². The van der Waals surface area contributed by atoms with Gasteiger partial charge in [-0.2, -0.15) is 4.31 Å². The molecule has 1 aromatic carbocycles. The first-order valence-electron chi connectivity index (χ1n) is 9.57. The van der Waals surface area contributed by atoms with Crippen LogP contribution in [0.3, 0.4) is 0 Å². The van der Waals surface area contributed by atoms with Gasteiger partial charge < -0.3 is 10.1 Å². The molecule has 2 aliphatic rings. The van der Waals surface area contributed by atoms with Crippen LogP contribution in [-0.2, 0) is 14.8 Å². The van der Waals surface area contributed by atoms with Crippen molar-refractivity contribution in [1.82, 2.24) is 9.62 Å². The van der Waals surface area contributed by atoms with E-state index >= 15 is 0 Å². The summed E-state index contributed by atoms with van der Waals surface area (Å²) in [6.45, 7) is 2.80. The van der Waals surface area contributed by atoms with Crippen molar-refractivity contribution >= 4 is 15.9 Å². The number of hydrogen-bond acceptors (Lipinski definition) is 4. The molecular formula is C19H28N2O4S. The summed E-state index contributed by atoms with van der Waals surface area (Å²) in [7, 11) is -3.69. The molecule has 0 unspecified atom stereocenters. The molecule has 1 aromatic rings. The quantitative estimate of drug-likeness (QED) is 0.823. The Kier molecular flexibility index (Phi) is 6.19. The Labute approximate surface area is 156 Å². The molecule has 7 heteroatoms. The van der Waals surface area contributed by atoms with E-state index in [9.17, 15) is 13.2 Å². The summed E-state index contributed by atoms with van der Waals surface area (Å²) in [5, 5.41) is 3.08. The molecule has 1 heterocycles. The van der Waals surface area contributed by atoms with Crippen molar-refractivity contribution < 1.29 is 17.9 Å². The topological polar surface area (TPSA) is 75.7 Å². The fraction of sp³-hybridized carbons (Fsp3) is 0.632. The predicted molar refractivity (Wildman–Crippen MR) is 99.5 cm³/mol. The van der Waals surface area contributed by atoms with Gasteiger partial charge in [-0.3, -0.25) is 4.79 Å². The number of nitrogens with zero attached hydrogens (tertiary/aromatic N) is 1. The van der Waals surface area contributed by atoms with Crippen molar-refractivity contribution in [3.63, 3.8) is 0 Å².